The van der Waals surface area contributed by atoms with Crippen molar-refractivity contribution >= 4 is 5.97 Å². The Kier molecular flexibility index (Phi) is 4.08. The number of aliphatic carboxylic acids is 1. The van der Waals surface area contributed by atoms with Gasteiger partial charge in [-0.2, -0.15) is 13.2 Å². The summed E-state index contributed by atoms with van der Waals surface area (Å²) in [5.41, 5.74) is -2.15. The highest BCUT2D eigenvalue weighted by Crippen LogP contribution is 2.45. The highest BCUT2D eigenvalue weighted by molar-refractivity contribution is 5.76. The van der Waals surface area contributed by atoms with Crippen molar-refractivity contribution in [3.8, 4) is 5.88 Å². The molecular formula is C13H15F3N2O3. The number of pyridine rings is 1. The molecule has 5 nitrogen and oxygen atoms in total. The van der Waals surface area contributed by atoms with Crippen LogP contribution in [0, 0.1) is 5.41 Å². The Balaban J connectivity index is 2.13. The van der Waals surface area contributed by atoms with Gasteiger partial charge < -0.3 is 9.84 Å². The van der Waals surface area contributed by atoms with Gasteiger partial charge in [0.25, 0.3) is 0 Å². The lowest BCUT2D eigenvalue weighted by Gasteiger charge is -2.27. The molecule has 2 rings (SSSR count). The molecule has 0 amide bonds. The maximum atomic E-state index is 13.1. The molecule has 1 fully saturated rings. The molecule has 1 aromatic rings. The van der Waals surface area contributed by atoms with E-state index in [4.69, 9.17) is 9.84 Å². The number of aromatic nitrogens is 1. The van der Waals surface area contributed by atoms with Crippen molar-refractivity contribution in [3.05, 3.63) is 23.9 Å². The lowest BCUT2D eigenvalue weighted by atomic mass is 9.86. The SMILES string of the molecule is COc1cccc(CN2CCC(C(=O)O)(C(F)(F)F)C2)n1. The van der Waals surface area contributed by atoms with Gasteiger partial charge in [-0.1, -0.05) is 6.07 Å². The van der Waals surface area contributed by atoms with Crippen LogP contribution in [0.1, 0.15) is 12.1 Å². The number of carboxylic acids is 1. The molecule has 1 unspecified atom stereocenters. The molecule has 0 radical (unpaired) electrons. The summed E-state index contributed by atoms with van der Waals surface area (Å²) in [7, 11) is 1.45. The molecule has 21 heavy (non-hydrogen) atoms. The summed E-state index contributed by atoms with van der Waals surface area (Å²) in [6, 6.07) is 4.98. The van der Waals surface area contributed by atoms with Crippen molar-refractivity contribution in [2.24, 2.45) is 5.41 Å². The molecule has 8 heteroatoms. The maximum Gasteiger partial charge on any atom is 0.406 e. The van der Waals surface area contributed by atoms with Crippen molar-refractivity contribution < 1.29 is 27.8 Å². The fraction of sp³-hybridized carbons (Fsp3) is 0.538. The molecule has 1 aliphatic rings. The predicted octanol–water partition coefficient (Wildman–Crippen LogP) is 1.93. The fourth-order valence-electron chi connectivity index (χ4n) is 2.44. The van der Waals surface area contributed by atoms with Gasteiger partial charge in [0.05, 0.1) is 12.8 Å². The summed E-state index contributed by atoms with van der Waals surface area (Å²) in [6.07, 6.45) is -5.22. The highest BCUT2D eigenvalue weighted by Gasteiger charge is 2.63. The number of carboxylic acid groups (broad SMARTS) is 1. The molecule has 1 N–H and O–H groups in total. The average Bonchev–Trinajstić information content (AvgIpc) is 2.84. The molecule has 0 aliphatic carbocycles. The monoisotopic (exact) mass is 304 g/mol. The summed E-state index contributed by atoms with van der Waals surface area (Å²) in [5.74, 6) is -1.46. The third-order valence-electron chi connectivity index (χ3n) is 3.68. The number of alkyl halides is 3. The summed E-state index contributed by atoms with van der Waals surface area (Å²) in [5, 5.41) is 8.98. The number of carbonyl (C=O) groups is 1. The molecule has 1 atom stereocenters. The first-order chi connectivity index (χ1) is 9.78. The second-order valence-electron chi connectivity index (χ2n) is 5.02. The van der Waals surface area contributed by atoms with Crippen LogP contribution in [0.15, 0.2) is 18.2 Å². The molecular weight excluding hydrogens is 289 g/mol. The molecule has 0 aromatic carbocycles. The van der Waals surface area contributed by atoms with Gasteiger partial charge in [0.2, 0.25) is 5.88 Å². The number of ether oxygens (including phenoxy) is 1. The number of hydrogen-bond donors (Lipinski definition) is 1. The standard InChI is InChI=1S/C13H15F3N2O3/c1-21-10-4-2-3-9(17-10)7-18-6-5-12(8-18,11(19)20)13(14,15)16/h2-4H,5-8H2,1H3,(H,19,20). The Labute approximate surface area is 119 Å². The number of halogens is 3. The first-order valence-electron chi connectivity index (χ1n) is 6.31. The normalized spacial score (nSPS) is 23.2. The van der Waals surface area contributed by atoms with Crippen LogP contribution >= 0.6 is 0 Å². The Morgan fingerprint density at radius 3 is 2.76 bits per heavy atom. The molecule has 0 spiro atoms. The van der Waals surface area contributed by atoms with Crippen LogP contribution in [-0.2, 0) is 11.3 Å². The predicted molar refractivity (Wildman–Crippen MR) is 66.8 cm³/mol. The van der Waals surface area contributed by atoms with Gasteiger partial charge in [-0.15, -0.1) is 0 Å². The van der Waals surface area contributed by atoms with Crippen LogP contribution in [0.2, 0.25) is 0 Å². The zero-order valence-electron chi connectivity index (χ0n) is 11.4. The summed E-state index contributed by atoms with van der Waals surface area (Å²) in [6.45, 7) is -0.349. The lowest BCUT2D eigenvalue weighted by molar-refractivity contribution is -0.227. The van der Waals surface area contributed by atoms with Crippen LogP contribution in [0.5, 0.6) is 5.88 Å². The topological polar surface area (TPSA) is 62.7 Å². The number of likely N-dealkylation sites (tertiary alicyclic amines) is 1. The Morgan fingerprint density at radius 1 is 1.52 bits per heavy atom. The molecule has 2 heterocycles. The maximum absolute atomic E-state index is 13.1. The minimum atomic E-state index is -4.77. The fourth-order valence-corrected chi connectivity index (χ4v) is 2.44. The van der Waals surface area contributed by atoms with E-state index in [0.29, 0.717) is 11.6 Å². The van der Waals surface area contributed by atoms with E-state index in [1.807, 2.05) is 0 Å². The molecule has 116 valence electrons. The van der Waals surface area contributed by atoms with E-state index in [0.717, 1.165) is 0 Å². The van der Waals surface area contributed by atoms with Gasteiger partial charge in [0.15, 0.2) is 5.41 Å². The van der Waals surface area contributed by atoms with Crippen LogP contribution < -0.4 is 4.74 Å². The van der Waals surface area contributed by atoms with Crippen molar-refractivity contribution in [2.45, 2.75) is 19.1 Å². The third-order valence-corrected chi connectivity index (χ3v) is 3.68. The molecule has 1 aliphatic heterocycles. The van der Waals surface area contributed by atoms with E-state index in [1.54, 1.807) is 18.2 Å². The zero-order valence-corrected chi connectivity index (χ0v) is 11.4. The van der Waals surface area contributed by atoms with Crippen molar-refractivity contribution in [1.82, 2.24) is 9.88 Å². The van der Waals surface area contributed by atoms with Crippen LogP contribution in [0.25, 0.3) is 0 Å². The van der Waals surface area contributed by atoms with E-state index in [9.17, 15) is 18.0 Å². The first kappa shape index (κ1) is 15.6. The van der Waals surface area contributed by atoms with E-state index >= 15 is 0 Å². The quantitative estimate of drug-likeness (QED) is 0.921. The number of methoxy groups -OCH3 is 1. The highest BCUT2D eigenvalue weighted by atomic mass is 19.4. The molecule has 1 aromatic heterocycles. The van der Waals surface area contributed by atoms with Gasteiger partial charge in [0, 0.05) is 25.7 Å². The summed E-state index contributed by atoms with van der Waals surface area (Å²) < 4.78 is 44.1. The van der Waals surface area contributed by atoms with Crippen molar-refractivity contribution in [3.63, 3.8) is 0 Å². The molecule has 0 saturated carbocycles. The average molecular weight is 304 g/mol. The van der Waals surface area contributed by atoms with Gasteiger partial charge in [-0.25, -0.2) is 4.98 Å². The van der Waals surface area contributed by atoms with E-state index in [2.05, 4.69) is 4.98 Å². The van der Waals surface area contributed by atoms with Crippen molar-refractivity contribution in [1.29, 1.82) is 0 Å². The van der Waals surface area contributed by atoms with E-state index < -0.39 is 30.5 Å². The van der Waals surface area contributed by atoms with Gasteiger partial charge in [0.1, 0.15) is 0 Å². The zero-order chi connectivity index (χ0) is 15.7. The summed E-state index contributed by atoms with van der Waals surface area (Å²) in [4.78, 5) is 16.7. The van der Waals surface area contributed by atoms with Crippen LogP contribution in [0.4, 0.5) is 13.2 Å². The number of nitrogens with zero attached hydrogens (tertiary/aromatic N) is 2. The second kappa shape index (κ2) is 5.51. The lowest BCUT2D eigenvalue weighted by Crippen LogP contribution is -2.47. The van der Waals surface area contributed by atoms with Gasteiger partial charge in [-0.05, 0) is 12.5 Å². The van der Waals surface area contributed by atoms with Crippen LogP contribution in [-0.4, -0.2) is 47.3 Å². The van der Waals surface area contributed by atoms with E-state index in [-0.39, 0.29) is 13.1 Å². The molecule has 1 saturated heterocycles. The minimum Gasteiger partial charge on any atom is -0.481 e. The first-order valence-corrected chi connectivity index (χ1v) is 6.31. The van der Waals surface area contributed by atoms with Gasteiger partial charge in [-0.3, -0.25) is 9.69 Å². The van der Waals surface area contributed by atoms with Gasteiger partial charge >= 0.3 is 12.1 Å². The Hall–Kier alpha value is -1.83. The number of hydrogen-bond acceptors (Lipinski definition) is 4. The largest absolute Gasteiger partial charge is 0.481 e. The smallest absolute Gasteiger partial charge is 0.406 e. The van der Waals surface area contributed by atoms with Crippen LogP contribution in [0.3, 0.4) is 0 Å². The Morgan fingerprint density at radius 2 is 2.24 bits per heavy atom. The number of rotatable bonds is 4. The Bertz CT molecular complexity index is 536. The third kappa shape index (κ3) is 2.94. The minimum absolute atomic E-state index is 0.0602. The second-order valence-corrected chi connectivity index (χ2v) is 5.02. The van der Waals surface area contributed by atoms with E-state index in [1.165, 1.54) is 12.0 Å². The molecule has 0 bridgehead atoms. The van der Waals surface area contributed by atoms with Crippen molar-refractivity contribution in [2.75, 3.05) is 20.2 Å². The summed E-state index contributed by atoms with van der Waals surface area (Å²) >= 11 is 0.